The SMILES string of the molecule is CCCCCCCC(C)C(C)NCC. The normalized spacial score (nSPS) is 15.4. The van der Waals surface area contributed by atoms with E-state index in [0.717, 1.165) is 12.5 Å². The molecule has 0 fully saturated rings. The fourth-order valence-electron chi connectivity index (χ4n) is 1.84. The van der Waals surface area contributed by atoms with Gasteiger partial charge in [-0.15, -0.1) is 0 Å². The van der Waals surface area contributed by atoms with E-state index in [-0.39, 0.29) is 0 Å². The lowest BCUT2D eigenvalue weighted by molar-refractivity contribution is 0.371. The second-order valence-electron chi connectivity index (χ2n) is 4.53. The first-order valence-corrected chi connectivity index (χ1v) is 6.45. The minimum Gasteiger partial charge on any atom is -0.314 e. The van der Waals surface area contributed by atoms with E-state index in [1.807, 2.05) is 0 Å². The molecule has 2 unspecified atom stereocenters. The minimum atomic E-state index is 0.686. The van der Waals surface area contributed by atoms with E-state index in [2.05, 4.69) is 33.0 Å². The predicted molar refractivity (Wildman–Crippen MR) is 65.7 cm³/mol. The highest BCUT2D eigenvalue weighted by Gasteiger charge is 2.09. The van der Waals surface area contributed by atoms with Gasteiger partial charge in [-0.3, -0.25) is 0 Å². The highest BCUT2D eigenvalue weighted by Crippen LogP contribution is 2.14. The number of hydrogen-bond donors (Lipinski definition) is 1. The van der Waals surface area contributed by atoms with Crippen molar-refractivity contribution >= 4 is 0 Å². The summed E-state index contributed by atoms with van der Waals surface area (Å²) < 4.78 is 0. The molecule has 0 aliphatic rings. The summed E-state index contributed by atoms with van der Waals surface area (Å²) in [5.41, 5.74) is 0. The minimum absolute atomic E-state index is 0.686. The molecule has 14 heavy (non-hydrogen) atoms. The Kier molecular flexibility index (Phi) is 9.49. The molecule has 0 aromatic carbocycles. The van der Waals surface area contributed by atoms with Crippen molar-refractivity contribution in [2.45, 2.75) is 72.3 Å². The van der Waals surface area contributed by atoms with Crippen molar-refractivity contribution in [2.75, 3.05) is 6.54 Å². The Labute approximate surface area is 90.7 Å². The van der Waals surface area contributed by atoms with Gasteiger partial charge in [0.25, 0.3) is 0 Å². The molecule has 0 saturated heterocycles. The Morgan fingerprint density at radius 1 is 0.929 bits per heavy atom. The third kappa shape index (κ3) is 7.37. The molecule has 86 valence electrons. The van der Waals surface area contributed by atoms with Crippen LogP contribution in [0.3, 0.4) is 0 Å². The summed E-state index contributed by atoms with van der Waals surface area (Å²) in [5, 5.41) is 3.50. The van der Waals surface area contributed by atoms with E-state index in [4.69, 9.17) is 0 Å². The first-order valence-electron chi connectivity index (χ1n) is 6.45. The van der Waals surface area contributed by atoms with Crippen molar-refractivity contribution in [1.29, 1.82) is 0 Å². The molecule has 0 radical (unpaired) electrons. The maximum atomic E-state index is 3.50. The third-order valence-corrected chi connectivity index (χ3v) is 3.14. The van der Waals surface area contributed by atoms with Gasteiger partial charge in [-0.2, -0.15) is 0 Å². The van der Waals surface area contributed by atoms with Crippen molar-refractivity contribution in [2.24, 2.45) is 5.92 Å². The maximum Gasteiger partial charge on any atom is 0.00642 e. The number of hydrogen-bond acceptors (Lipinski definition) is 1. The molecule has 1 heteroatoms. The maximum absolute atomic E-state index is 3.50. The summed E-state index contributed by atoms with van der Waals surface area (Å²) in [6.07, 6.45) is 8.42. The Hall–Kier alpha value is -0.0400. The van der Waals surface area contributed by atoms with Crippen molar-refractivity contribution in [3.63, 3.8) is 0 Å². The number of nitrogens with one attached hydrogen (secondary N) is 1. The molecule has 0 amide bonds. The molecular weight excluding hydrogens is 170 g/mol. The highest BCUT2D eigenvalue weighted by molar-refractivity contribution is 4.67. The van der Waals surface area contributed by atoms with Gasteiger partial charge >= 0.3 is 0 Å². The molecule has 0 rings (SSSR count). The fourth-order valence-corrected chi connectivity index (χ4v) is 1.84. The molecule has 0 saturated carbocycles. The largest absolute Gasteiger partial charge is 0.314 e. The van der Waals surface area contributed by atoms with E-state index in [9.17, 15) is 0 Å². The van der Waals surface area contributed by atoms with Crippen molar-refractivity contribution in [1.82, 2.24) is 5.32 Å². The van der Waals surface area contributed by atoms with Crippen LogP contribution < -0.4 is 5.32 Å². The quantitative estimate of drug-likeness (QED) is 0.554. The molecule has 2 atom stereocenters. The lowest BCUT2D eigenvalue weighted by Crippen LogP contribution is -2.31. The second-order valence-corrected chi connectivity index (χ2v) is 4.53. The Morgan fingerprint density at radius 3 is 2.14 bits per heavy atom. The molecular formula is C13H29N. The van der Waals surface area contributed by atoms with Crippen LogP contribution in [0.25, 0.3) is 0 Å². The molecule has 0 aliphatic heterocycles. The van der Waals surface area contributed by atoms with Gasteiger partial charge in [0.15, 0.2) is 0 Å². The van der Waals surface area contributed by atoms with Crippen LogP contribution in [0.4, 0.5) is 0 Å². The summed E-state index contributed by atoms with van der Waals surface area (Å²) in [6.45, 7) is 10.2. The summed E-state index contributed by atoms with van der Waals surface area (Å²) in [4.78, 5) is 0. The van der Waals surface area contributed by atoms with Crippen LogP contribution in [0.2, 0.25) is 0 Å². The van der Waals surface area contributed by atoms with E-state index >= 15 is 0 Å². The Bertz CT molecular complexity index is 112. The second kappa shape index (κ2) is 9.51. The van der Waals surface area contributed by atoms with E-state index < -0.39 is 0 Å². The van der Waals surface area contributed by atoms with Gasteiger partial charge in [0, 0.05) is 6.04 Å². The van der Waals surface area contributed by atoms with Crippen LogP contribution in [0, 0.1) is 5.92 Å². The molecule has 1 N–H and O–H groups in total. The van der Waals surface area contributed by atoms with E-state index in [1.165, 1.54) is 38.5 Å². The molecule has 0 aromatic rings. The van der Waals surface area contributed by atoms with Crippen LogP contribution in [0.15, 0.2) is 0 Å². The van der Waals surface area contributed by atoms with Crippen molar-refractivity contribution in [3.8, 4) is 0 Å². The predicted octanol–water partition coefficient (Wildman–Crippen LogP) is 3.98. The summed E-state index contributed by atoms with van der Waals surface area (Å²) in [5.74, 6) is 0.830. The monoisotopic (exact) mass is 199 g/mol. The van der Waals surface area contributed by atoms with Gasteiger partial charge in [0.2, 0.25) is 0 Å². The average Bonchev–Trinajstić information content (AvgIpc) is 2.17. The van der Waals surface area contributed by atoms with Crippen LogP contribution in [0.1, 0.15) is 66.2 Å². The zero-order chi connectivity index (χ0) is 10.8. The molecule has 1 nitrogen and oxygen atoms in total. The van der Waals surface area contributed by atoms with E-state index in [0.29, 0.717) is 6.04 Å². The summed E-state index contributed by atoms with van der Waals surface area (Å²) in [7, 11) is 0. The molecule has 0 aliphatic carbocycles. The third-order valence-electron chi connectivity index (χ3n) is 3.14. The van der Waals surface area contributed by atoms with Gasteiger partial charge in [0.05, 0.1) is 0 Å². The van der Waals surface area contributed by atoms with Crippen LogP contribution in [-0.4, -0.2) is 12.6 Å². The number of rotatable bonds is 9. The zero-order valence-corrected chi connectivity index (χ0v) is 10.6. The van der Waals surface area contributed by atoms with Crippen molar-refractivity contribution in [3.05, 3.63) is 0 Å². The standard InChI is InChI=1S/C13H29N/c1-5-7-8-9-10-11-12(3)13(4)14-6-2/h12-14H,5-11H2,1-4H3. The Balaban J connectivity index is 3.29. The topological polar surface area (TPSA) is 12.0 Å². The van der Waals surface area contributed by atoms with E-state index in [1.54, 1.807) is 0 Å². The molecule has 0 spiro atoms. The first kappa shape index (κ1) is 14.0. The van der Waals surface area contributed by atoms with Crippen LogP contribution >= 0.6 is 0 Å². The smallest absolute Gasteiger partial charge is 0.00642 e. The first-order chi connectivity index (χ1) is 6.72. The molecule has 0 bridgehead atoms. The van der Waals surface area contributed by atoms with Gasteiger partial charge in [-0.05, 0) is 25.8 Å². The number of unbranched alkanes of at least 4 members (excludes halogenated alkanes) is 4. The lowest BCUT2D eigenvalue weighted by atomic mass is 9.96. The molecule has 0 heterocycles. The molecule has 0 aromatic heterocycles. The summed E-state index contributed by atoms with van der Waals surface area (Å²) in [6, 6.07) is 0.686. The average molecular weight is 199 g/mol. The fraction of sp³-hybridized carbons (Fsp3) is 1.00. The van der Waals surface area contributed by atoms with Crippen LogP contribution in [-0.2, 0) is 0 Å². The lowest BCUT2D eigenvalue weighted by Gasteiger charge is -2.20. The van der Waals surface area contributed by atoms with Crippen molar-refractivity contribution < 1.29 is 0 Å². The van der Waals surface area contributed by atoms with Gasteiger partial charge in [-0.25, -0.2) is 0 Å². The van der Waals surface area contributed by atoms with Gasteiger partial charge in [0.1, 0.15) is 0 Å². The summed E-state index contributed by atoms with van der Waals surface area (Å²) >= 11 is 0. The van der Waals surface area contributed by atoms with Gasteiger partial charge in [-0.1, -0.05) is 52.9 Å². The van der Waals surface area contributed by atoms with Crippen LogP contribution in [0.5, 0.6) is 0 Å². The Morgan fingerprint density at radius 2 is 1.57 bits per heavy atom. The highest BCUT2D eigenvalue weighted by atomic mass is 14.9. The zero-order valence-electron chi connectivity index (χ0n) is 10.6. The van der Waals surface area contributed by atoms with Gasteiger partial charge < -0.3 is 5.32 Å².